The smallest absolute Gasteiger partial charge is 0.140 e. The number of anilines is 1. The lowest BCUT2D eigenvalue weighted by Crippen LogP contribution is -2.04. The Bertz CT molecular complexity index is 294. The van der Waals surface area contributed by atoms with Crippen molar-refractivity contribution in [1.82, 2.24) is 4.98 Å². The zero-order valence-electron chi connectivity index (χ0n) is 7.63. The van der Waals surface area contributed by atoms with Crippen LogP contribution in [-0.4, -0.2) is 23.2 Å². The average molecular weight is 324 g/mol. The highest BCUT2D eigenvalue weighted by Gasteiger charge is 2.00. The maximum Gasteiger partial charge on any atom is 0.140 e. The Balaban J connectivity index is 2.42. The summed E-state index contributed by atoms with van der Waals surface area (Å²) in [5.74, 6) is 0.839. The van der Waals surface area contributed by atoms with Gasteiger partial charge in [-0.05, 0) is 50.8 Å². The Morgan fingerprint density at radius 2 is 2.14 bits per heavy atom. The highest BCUT2D eigenvalue weighted by Crippen LogP contribution is 2.23. The fraction of sp³-hybridized carbons (Fsp3) is 0.444. The van der Waals surface area contributed by atoms with Gasteiger partial charge in [-0.15, -0.1) is 0 Å². The second-order valence-electron chi connectivity index (χ2n) is 2.84. The summed E-state index contributed by atoms with van der Waals surface area (Å²) in [5, 5.41) is 11.8. The molecule has 78 valence electrons. The first kappa shape index (κ1) is 11.9. The zero-order valence-corrected chi connectivity index (χ0v) is 10.8. The van der Waals surface area contributed by atoms with Crippen LogP contribution in [0.1, 0.15) is 12.8 Å². The van der Waals surface area contributed by atoms with E-state index in [4.69, 9.17) is 5.11 Å². The number of aliphatic hydroxyl groups is 1. The molecule has 0 aromatic carbocycles. The molecule has 0 aliphatic rings. The molecule has 2 N–H and O–H groups in total. The number of aliphatic hydroxyl groups excluding tert-OH is 1. The summed E-state index contributed by atoms with van der Waals surface area (Å²) in [6.45, 7) is 1.07. The van der Waals surface area contributed by atoms with Gasteiger partial charge in [0.25, 0.3) is 0 Å². The van der Waals surface area contributed by atoms with Crippen molar-refractivity contribution in [3.05, 3.63) is 21.2 Å². The van der Waals surface area contributed by atoms with Crippen LogP contribution in [-0.2, 0) is 0 Å². The molecule has 0 fully saturated rings. The molecule has 0 bridgehead atoms. The maximum absolute atomic E-state index is 8.60. The average Bonchev–Trinajstić information content (AvgIpc) is 2.15. The summed E-state index contributed by atoms with van der Waals surface area (Å²) in [6, 6.07) is 1.95. The minimum atomic E-state index is 0.247. The summed E-state index contributed by atoms with van der Waals surface area (Å²) in [4.78, 5) is 4.21. The predicted octanol–water partition coefficient (Wildman–Crippen LogP) is 2.79. The molecule has 5 heteroatoms. The number of hydrogen-bond donors (Lipinski definition) is 2. The molecule has 0 saturated carbocycles. The second-order valence-corrected chi connectivity index (χ2v) is 4.61. The van der Waals surface area contributed by atoms with Gasteiger partial charge in [-0.2, -0.15) is 0 Å². The van der Waals surface area contributed by atoms with Gasteiger partial charge >= 0.3 is 0 Å². The van der Waals surface area contributed by atoms with E-state index in [0.29, 0.717) is 0 Å². The van der Waals surface area contributed by atoms with E-state index < -0.39 is 0 Å². The van der Waals surface area contributed by atoms with Gasteiger partial charge < -0.3 is 10.4 Å². The van der Waals surface area contributed by atoms with Crippen LogP contribution >= 0.6 is 31.9 Å². The Kier molecular flexibility index (Phi) is 5.44. The third kappa shape index (κ3) is 3.94. The molecule has 0 amide bonds. The van der Waals surface area contributed by atoms with E-state index in [1.54, 1.807) is 6.20 Å². The van der Waals surface area contributed by atoms with E-state index in [2.05, 4.69) is 42.2 Å². The number of unbranched alkanes of at least 4 members (excludes halogenated alkanes) is 1. The number of hydrogen-bond acceptors (Lipinski definition) is 3. The summed E-state index contributed by atoms with van der Waals surface area (Å²) < 4.78 is 1.89. The molecule has 1 rings (SSSR count). The number of aromatic nitrogens is 1. The first-order valence-electron chi connectivity index (χ1n) is 4.40. The van der Waals surface area contributed by atoms with Crippen molar-refractivity contribution in [3.63, 3.8) is 0 Å². The van der Waals surface area contributed by atoms with Crippen molar-refractivity contribution in [3.8, 4) is 0 Å². The van der Waals surface area contributed by atoms with Crippen molar-refractivity contribution in [2.24, 2.45) is 0 Å². The SMILES string of the molecule is OCCCCNc1ncc(Br)cc1Br. The minimum absolute atomic E-state index is 0.247. The molecule has 0 unspecified atom stereocenters. The highest BCUT2D eigenvalue weighted by molar-refractivity contribution is 9.11. The van der Waals surface area contributed by atoms with Gasteiger partial charge in [0, 0.05) is 23.8 Å². The number of halogens is 2. The molecule has 0 atom stereocenters. The molecule has 14 heavy (non-hydrogen) atoms. The van der Waals surface area contributed by atoms with Crippen LogP contribution in [0.4, 0.5) is 5.82 Å². The van der Waals surface area contributed by atoms with Gasteiger partial charge in [-0.3, -0.25) is 0 Å². The molecular weight excluding hydrogens is 312 g/mol. The largest absolute Gasteiger partial charge is 0.396 e. The highest BCUT2D eigenvalue weighted by atomic mass is 79.9. The van der Waals surface area contributed by atoms with Crippen LogP contribution in [0.5, 0.6) is 0 Å². The van der Waals surface area contributed by atoms with E-state index in [-0.39, 0.29) is 6.61 Å². The summed E-state index contributed by atoms with van der Waals surface area (Å²) in [5.41, 5.74) is 0. The standard InChI is InChI=1S/C9H12Br2N2O/c10-7-5-8(11)9(13-6-7)12-3-1-2-4-14/h5-6,14H,1-4H2,(H,12,13). The first-order valence-corrected chi connectivity index (χ1v) is 5.98. The Labute approximate surface area is 100 Å². The summed E-state index contributed by atoms with van der Waals surface area (Å²) >= 11 is 6.75. The Morgan fingerprint density at radius 3 is 2.79 bits per heavy atom. The zero-order chi connectivity index (χ0) is 10.4. The van der Waals surface area contributed by atoms with Crippen LogP contribution < -0.4 is 5.32 Å². The fourth-order valence-electron chi connectivity index (χ4n) is 0.988. The molecule has 3 nitrogen and oxygen atoms in total. The van der Waals surface area contributed by atoms with Crippen LogP contribution in [0, 0.1) is 0 Å². The van der Waals surface area contributed by atoms with Crippen molar-refractivity contribution in [2.45, 2.75) is 12.8 Å². The molecular formula is C9H12Br2N2O. The fourth-order valence-corrected chi connectivity index (χ4v) is 2.12. The molecule has 0 radical (unpaired) electrons. The van der Waals surface area contributed by atoms with Gasteiger partial charge in [0.05, 0.1) is 4.47 Å². The predicted molar refractivity (Wildman–Crippen MR) is 64.4 cm³/mol. The molecule has 0 saturated heterocycles. The first-order chi connectivity index (χ1) is 6.74. The normalized spacial score (nSPS) is 10.2. The monoisotopic (exact) mass is 322 g/mol. The number of rotatable bonds is 5. The van der Waals surface area contributed by atoms with E-state index >= 15 is 0 Å². The second kappa shape index (κ2) is 6.37. The maximum atomic E-state index is 8.60. The summed E-state index contributed by atoms with van der Waals surface area (Å²) in [7, 11) is 0. The third-order valence-corrected chi connectivity index (χ3v) is 2.72. The molecule has 0 aliphatic heterocycles. The minimum Gasteiger partial charge on any atom is -0.396 e. The quantitative estimate of drug-likeness (QED) is 0.819. The van der Waals surface area contributed by atoms with E-state index in [1.165, 1.54) is 0 Å². The van der Waals surface area contributed by atoms with Crippen molar-refractivity contribution in [1.29, 1.82) is 0 Å². The van der Waals surface area contributed by atoms with Gasteiger partial charge in [0.1, 0.15) is 5.82 Å². The van der Waals surface area contributed by atoms with E-state index in [1.807, 2.05) is 6.07 Å². The van der Waals surface area contributed by atoms with Crippen molar-refractivity contribution < 1.29 is 5.11 Å². The molecule has 1 heterocycles. The van der Waals surface area contributed by atoms with E-state index in [0.717, 1.165) is 34.1 Å². The lowest BCUT2D eigenvalue weighted by Gasteiger charge is -2.06. The molecule has 0 spiro atoms. The molecule has 0 aliphatic carbocycles. The Hall–Kier alpha value is -0.130. The van der Waals surface area contributed by atoms with Gasteiger partial charge in [0.15, 0.2) is 0 Å². The van der Waals surface area contributed by atoms with Gasteiger partial charge in [-0.1, -0.05) is 0 Å². The number of pyridine rings is 1. The van der Waals surface area contributed by atoms with Crippen LogP contribution in [0.25, 0.3) is 0 Å². The molecule has 1 aromatic rings. The lowest BCUT2D eigenvalue weighted by molar-refractivity contribution is 0.286. The van der Waals surface area contributed by atoms with Gasteiger partial charge in [0.2, 0.25) is 0 Å². The summed E-state index contributed by atoms with van der Waals surface area (Å²) in [6.07, 6.45) is 3.51. The van der Waals surface area contributed by atoms with Crippen LogP contribution in [0.3, 0.4) is 0 Å². The lowest BCUT2D eigenvalue weighted by atomic mass is 10.3. The third-order valence-electron chi connectivity index (χ3n) is 1.69. The van der Waals surface area contributed by atoms with Gasteiger partial charge in [-0.25, -0.2) is 4.98 Å². The Morgan fingerprint density at radius 1 is 1.36 bits per heavy atom. The molecule has 1 aromatic heterocycles. The van der Waals surface area contributed by atoms with Crippen LogP contribution in [0.15, 0.2) is 21.2 Å². The van der Waals surface area contributed by atoms with Crippen molar-refractivity contribution in [2.75, 3.05) is 18.5 Å². The van der Waals surface area contributed by atoms with Crippen molar-refractivity contribution >= 4 is 37.7 Å². The topological polar surface area (TPSA) is 45.1 Å². The number of nitrogens with zero attached hydrogens (tertiary/aromatic N) is 1. The van der Waals surface area contributed by atoms with Crippen LogP contribution in [0.2, 0.25) is 0 Å². The number of nitrogens with one attached hydrogen (secondary N) is 1. The van der Waals surface area contributed by atoms with E-state index in [9.17, 15) is 0 Å².